The molecular weight excluding hydrogens is 264 g/mol. The molecule has 2 aromatic rings. The zero-order valence-electron chi connectivity index (χ0n) is 10.9. The Hall–Kier alpha value is -1.50. The van der Waals surface area contributed by atoms with Gasteiger partial charge in [0.05, 0.1) is 11.1 Å². The Morgan fingerprint density at radius 3 is 2.89 bits per heavy atom. The molecule has 2 aromatic heterocycles. The van der Waals surface area contributed by atoms with Crippen molar-refractivity contribution in [2.45, 2.75) is 32.4 Å². The van der Waals surface area contributed by atoms with Crippen molar-refractivity contribution in [2.24, 2.45) is 5.84 Å². The Kier molecular flexibility index (Phi) is 4.47. The number of nitrogens with two attached hydrogens (primary N) is 1. The van der Waals surface area contributed by atoms with Gasteiger partial charge in [-0.3, -0.25) is 16.3 Å². The molecule has 0 saturated heterocycles. The fourth-order valence-electron chi connectivity index (χ4n) is 1.96. The van der Waals surface area contributed by atoms with Crippen molar-refractivity contribution in [2.75, 3.05) is 0 Å². The zero-order chi connectivity index (χ0) is 13.8. The van der Waals surface area contributed by atoms with E-state index in [-0.39, 0.29) is 12.1 Å². The van der Waals surface area contributed by atoms with Gasteiger partial charge in [0.1, 0.15) is 12.2 Å². The lowest BCUT2D eigenvalue weighted by atomic mass is 10.1. The van der Waals surface area contributed by atoms with Crippen LogP contribution in [-0.4, -0.2) is 19.7 Å². The largest absolute Gasteiger partial charge is 0.271 e. The van der Waals surface area contributed by atoms with Gasteiger partial charge in [0.25, 0.3) is 0 Å². The monoisotopic (exact) mass is 280 g/mol. The molecule has 7 heteroatoms. The number of pyridine rings is 1. The number of rotatable bonds is 5. The van der Waals surface area contributed by atoms with E-state index in [9.17, 15) is 0 Å². The third kappa shape index (κ3) is 3.09. The van der Waals surface area contributed by atoms with Crippen molar-refractivity contribution in [3.05, 3.63) is 41.2 Å². The van der Waals surface area contributed by atoms with Crippen LogP contribution in [0.1, 0.15) is 37.3 Å². The molecule has 1 unspecified atom stereocenters. The van der Waals surface area contributed by atoms with Crippen molar-refractivity contribution in [3.8, 4) is 0 Å². The lowest BCUT2D eigenvalue weighted by Crippen LogP contribution is -2.31. The first kappa shape index (κ1) is 13.9. The number of aromatic nitrogens is 4. The molecule has 0 aromatic carbocycles. The fourth-order valence-corrected chi connectivity index (χ4v) is 2.21. The van der Waals surface area contributed by atoms with E-state index >= 15 is 0 Å². The summed E-state index contributed by atoms with van der Waals surface area (Å²) >= 11 is 6.14. The number of nitrogens with one attached hydrogen (secondary N) is 1. The Balaban J connectivity index is 2.25. The van der Waals surface area contributed by atoms with Gasteiger partial charge < -0.3 is 0 Å². The summed E-state index contributed by atoms with van der Waals surface area (Å²) in [6.07, 6.45) is 5.46. The van der Waals surface area contributed by atoms with Crippen LogP contribution < -0.4 is 11.3 Å². The van der Waals surface area contributed by atoms with Crippen molar-refractivity contribution < 1.29 is 0 Å². The number of nitrogens with zero attached hydrogens (tertiary/aromatic N) is 4. The molecule has 3 N–H and O–H groups in total. The van der Waals surface area contributed by atoms with E-state index in [0.29, 0.717) is 11.4 Å². The van der Waals surface area contributed by atoms with Crippen molar-refractivity contribution in [1.29, 1.82) is 0 Å². The van der Waals surface area contributed by atoms with Crippen molar-refractivity contribution >= 4 is 11.6 Å². The zero-order valence-corrected chi connectivity index (χ0v) is 11.7. The summed E-state index contributed by atoms with van der Waals surface area (Å²) in [6.45, 7) is 4.12. The van der Waals surface area contributed by atoms with Crippen molar-refractivity contribution in [1.82, 2.24) is 25.2 Å². The van der Waals surface area contributed by atoms with Crippen LogP contribution in [0.15, 0.2) is 24.8 Å². The molecule has 0 spiro atoms. The molecule has 6 nitrogen and oxygen atoms in total. The number of hydrazine groups is 1. The molecule has 0 aliphatic heterocycles. The summed E-state index contributed by atoms with van der Waals surface area (Å²) < 4.78 is 1.87. The molecular formula is C12H17ClN6. The maximum atomic E-state index is 6.14. The molecule has 2 heterocycles. The number of halogens is 1. The van der Waals surface area contributed by atoms with Gasteiger partial charge in [-0.1, -0.05) is 11.6 Å². The minimum Gasteiger partial charge on any atom is -0.271 e. The van der Waals surface area contributed by atoms with E-state index in [2.05, 4.69) is 34.3 Å². The molecule has 0 saturated carbocycles. The molecule has 19 heavy (non-hydrogen) atoms. The van der Waals surface area contributed by atoms with E-state index in [0.717, 1.165) is 11.4 Å². The molecule has 0 bridgehead atoms. The Morgan fingerprint density at radius 2 is 2.26 bits per heavy atom. The van der Waals surface area contributed by atoms with E-state index in [4.69, 9.17) is 17.4 Å². The first-order valence-corrected chi connectivity index (χ1v) is 6.45. The van der Waals surface area contributed by atoms with Gasteiger partial charge in [-0.05, 0) is 25.5 Å². The van der Waals surface area contributed by atoms with Gasteiger partial charge in [0.2, 0.25) is 0 Å². The van der Waals surface area contributed by atoms with Gasteiger partial charge >= 0.3 is 0 Å². The normalized spacial score (nSPS) is 12.9. The van der Waals surface area contributed by atoms with E-state index in [1.807, 2.05) is 10.7 Å². The van der Waals surface area contributed by atoms with Crippen LogP contribution in [0, 0.1) is 0 Å². The second-order valence-electron chi connectivity index (χ2n) is 4.54. The average Bonchev–Trinajstić information content (AvgIpc) is 2.85. The first-order valence-electron chi connectivity index (χ1n) is 6.07. The van der Waals surface area contributed by atoms with E-state index in [1.54, 1.807) is 18.7 Å². The highest BCUT2D eigenvalue weighted by Crippen LogP contribution is 2.24. The van der Waals surface area contributed by atoms with Gasteiger partial charge in [0, 0.05) is 24.9 Å². The highest BCUT2D eigenvalue weighted by Gasteiger charge is 2.18. The molecule has 0 aliphatic carbocycles. The standard InChI is InChI=1S/C12H17ClN6/c1-8(2)19-12(16-7-17-19)5-11(18-14)9-3-4-15-6-10(9)13/h3-4,6-8,11,18H,5,14H2,1-2H3. The first-order chi connectivity index (χ1) is 9.13. The van der Waals surface area contributed by atoms with Crippen LogP contribution in [-0.2, 0) is 6.42 Å². The molecule has 2 rings (SSSR count). The maximum absolute atomic E-state index is 6.14. The second kappa shape index (κ2) is 6.10. The van der Waals surface area contributed by atoms with Gasteiger partial charge in [-0.15, -0.1) is 0 Å². The van der Waals surface area contributed by atoms with Crippen LogP contribution in [0.4, 0.5) is 0 Å². The quantitative estimate of drug-likeness (QED) is 0.643. The van der Waals surface area contributed by atoms with Gasteiger partial charge in [0.15, 0.2) is 0 Å². The highest BCUT2D eigenvalue weighted by atomic mass is 35.5. The third-order valence-electron chi connectivity index (χ3n) is 2.90. The fraction of sp³-hybridized carbons (Fsp3) is 0.417. The SMILES string of the molecule is CC(C)n1ncnc1CC(NN)c1ccncc1Cl. The van der Waals surface area contributed by atoms with E-state index < -0.39 is 0 Å². The molecule has 0 radical (unpaired) electrons. The predicted octanol–water partition coefficient (Wildman–Crippen LogP) is 1.65. The predicted molar refractivity (Wildman–Crippen MR) is 73.4 cm³/mol. The summed E-state index contributed by atoms with van der Waals surface area (Å²) in [5.74, 6) is 6.50. The smallest absolute Gasteiger partial charge is 0.138 e. The Bertz CT molecular complexity index is 539. The topological polar surface area (TPSA) is 81.7 Å². The average molecular weight is 281 g/mol. The lowest BCUT2D eigenvalue weighted by molar-refractivity contribution is 0.468. The van der Waals surface area contributed by atoms with Crippen LogP contribution >= 0.6 is 11.6 Å². The Labute approximate surface area is 117 Å². The molecule has 102 valence electrons. The molecule has 0 amide bonds. The molecule has 0 aliphatic rings. The van der Waals surface area contributed by atoms with Crippen molar-refractivity contribution in [3.63, 3.8) is 0 Å². The van der Waals surface area contributed by atoms with Gasteiger partial charge in [-0.25, -0.2) is 9.67 Å². The van der Waals surface area contributed by atoms with Gasteiger partial charge in [-0.2, -0.15) is 5.10 Å². The number of hydrogen-bond acceptors (Lipinski definition) is 5. The highest BCUT2D eigenvalue weighted by molar-refractivity contribution is 6.31. The second-order valence-corrected chi connectivity index (χ2v) is 4.94. The minimum atomic E-state index is -0.128. The molecule has 0 fully saturated rings. The summed E-state index contributed by atoms with van der Waals surface area (Å²) in [6, 6.07) is 1.98. The summed E-state index contributed by atoms with van der Waals surface area (Å²) in [4.78, 5) is 8.25. The lowest BCUT2D eigenvalue weighted by Gasteiger charge is -2.18. The minimum absolute atomic E-state index is 0.128. The van der Waals surface area contributed by atoms with Crippen LogP contribution in [0.25, 0.3) is 0 Å². The maximum Gasteiger partial charge on any atom is 0.138 e. The summed E-state index contributed by atoms with van der Waals surface area (Å²) in [5.41, 5.74) is 3.67. The van der Waals surface area contributed by atoms with Crippen LogP contribution in [0.2, 0.25) is 5.02 Å². The summed E-state index contributed by atoms with van der Waals surface area (Å²) in [7, 11) is 0. The van der Waals surface area contributed by atoms with Crippen LogP contribution in [0.5, 0.6) is 0 Å². The summed E-state index contributed by atoms with van der Waals surface area (Å²) in [5, 5.41) is 4.80. The third-order valence-corrected chi connectivity index (χ3v) is 3.22. The number of hydrogen-bond donors (Lipinski definition) is 2. The van der Waals surface area contributed by atoms with E-state index in [1.165, 1.54) is 0 Å². The van der Waals surface area contributed by atoms with Crippen LogP contribution in [0.3, 0.4) is 0 Å². The molecule has 1 atom stereocenters. The Morgan fingerprint density at radius 1 is 1.47 bits per heavy atom.